The molecule has 32 heavy (non-hydrogen) atoms. The molecule has 2 aromatic carbocycles. The number of benzene rings is 2. The first-order chi connectivity index (χ1) is 15.5. The van der Waals surface area contributed by atoms with Crippen molar-refractivity contribution >= 4 is 15.9 Å². The van der Waals surface area contributed by atoms with Gasteiger partial charge in [0, 0.05) is 37.8 Å². The fraction of sp³-hybridized carbons (Fsp3) is 0.435. The van der Waals surface area contributed by atoms with Gasteiger partial charge in [-0.2, -0.15) is 0 Å². The van der Waals surface area contributed by atoms with Gasteiger partial charge in [-0.3, -0.25) is 9.69 Å². The van der Waals surface area contributed by atoms with Gasteiger partial charge in [0.25, 0.3) is 5.91 Å². The number of carbonyl (C=O) groups excluding carboxylic acids is 1. The zero-order chi connectivity index (χ0) is 22.6. The van der Waals surface area contributed by atoms with Crippen LogP contribution in [0.15, 0.2) is 47.4 Å². The molecule has 172 valence electrons. The van der Waals surface area contributed by atoms with Crippen molar-refractivity contribution in [1.82, 2.24) is 14.9 Å². The van der Waals surface area contributed by atoms with Crippen LogP contribution in [0.1, 0.15) is 34.3 Å². The predicted molar refractivity (Wildman–Crippen MR) is 120 cm³/mol. The molecule has 1 heterocycles. The largest absolute Gasteiger partial charge is 0.495 e. The van der Waals surface area contributed by atoms with E-state index in [1.165, 1.54) is 19.2 Å². The molecular weight excluding hydrogens is 430 g/mol. The van der Waals surface area contributed by atoms with Crippen LogP contribution in [0.5, 0.6) is 5.75 Å². The first-order valence-electron chi connectivity index (χ1n) is 10.8. The molecule has 1 saturated heterocycles. The molecule has 0 unspecified atom stereocenters. The Morgan fingerprint density at radius 2 is 1.84 bits per heavy atom. The van der Waals surface area contributed by atoms with Gasteiger partial charge in [-0.05, 0) is 42.2 Å². The minimum atomic E-state index is -3.76. The Labute approximate surface area is 189 Å². The van der Waals surface area contributed by atoms with Gasteiger partial charge in [-0.1, -0.05) is 24.3 Å². The molecule has 1 aliphatic heterocycles. The van der Waals surface area contributed by atoms with Crippen LogP contribution in [0.3, 0.4) is 0 Å². The molecule has 8 nitrogen and oxygen atoms in total. The van der Waals surface area contributed by atoms with Crippen LogP contribution in [0.25, 0.3) is 0 Å². The molecule has 4 rings (SSSR count). The summed E-state index contributed by atoms with van der Waals surface area (Å²) in [7, 11) is -2.34. The van der Waals surface area contributed by atoms with Crippen molar-refractivity contribution in [2.24, 2.45) is 0 Å². The number of ether oxygens (including phenoxy) is 2. The molecule has 0 spiro atoms. The monoisotopic (exact) mass is 459 g/mol. The lowest BCUT2D eigenvalue weighted by Crippen LogP contribution is -2.36. The van der Waals surface area contributed by atoms with Crippen molar-refractivity contribution in [3.05, 3.63) is 59.2 Å². The summed E-state index contributed by atoms with van der Waals surface area (Å²) >= 11 is 0. The summed E-state index contributed by atoms with van der Waals surface area (Å²) in [4.78, 5) is 15.1. The summed E-state index contributed by atoms with van der Waals surface area (Å²) in [5, 5.41) is 2.92. The fourth-order valence-electron chi connectivity index (χ4n) is 3.67. The van der Waals surface area contributed by atoms with Gasteiger partial charge in [0.2, 0.25) is 10.0 Å². The maximum absolute atomic E-state index is 12.8. The van der Waals surface area contributed by atoms with Gasteiger partial charge in [-0.25, -0.2) is 13.1 Å². The van der Waals surface area contributed by atoms with Crippen LogP contribution in [-0.2, 0) is 27.8 Å². The molecule has 0 bridgehead atoms. The highest BCUT2D eigenvalue weighted by molar-refractivity contribution is 7.89. The SMILES string of the molecule is COc1ccc(C(=O)NCc2ccccc2CN2CCOCC2)cc1S(=O)(=O)NC1CC1. The van der Waals surface area contributed by atoms with Crippen LogP contribution in [0.4, 0.5) is 0 Å². The second kappa shape index (κ2) is 9.99. The predicted octanol–water partition coefficient (Wildman–Crippen LogP) is 1.90. The number of hydrogen-bond donors (Lipinski definition) is 2. The number of rotatable bonds is 9. The molecule has 0 aromatic heterocycles. The highest BCUT2D eigenvalue weighted by Gasteiger charge is 2.30. The van der Waals surface area contributed by atoms with Gasteiger partial charge in [0.15, 0.2) is 0 Å². The Bertz CT molecular complexity index is 1060. The second-order valence-corrected chi connectivity index (χ2v) is 9.78. The Hall–Kier alpha value is -2.46. The van der Waals surface area contributed by atoms with Crippen LogP contribution >= 0.6 is 0 Å². The van der Waals surface area contributed by atoms with Crippen LogP contribution in [-0.4, -0.2) is 58.7 Å². The molecule has 1 saturated carbocycles. The van der Waals surface area contributed by atoms with Gasteiger partial charge in [-0.15, -0.1) is 0 Å². The number of amides is 1. The normalized spacial score (nSPS) is 17.2. The number of carbonyl (C=O) groups is 1. The summed E-state index contributed by atoms with van der Waals surface area (Å²) in [6.07, 6.45) is 1.65. The van der Waals surface area contributed by atoms with E-state index in [1.807, 2.05) is 18.2 Å². The Kier molecular flexibility index (Phi) is 7.10. The van der Waals surface area contributed by atoms with E-state index < -0.39 is 10.0 Å². The minimum absolute atomic E-state index is 0.0210. The molecule has 0 atom stereocenters. The van der Waals surface area contributed by atoms with E-state index >= 15 is 0 Å². The third-order valence-corrected chi connectivity index (χ3v) is 7.21. The maximum Gasteiger partial charge on any atom is 0.251 e. The molecule has 2 aliphatic rings. The number of morpholine rings is 1. The average Bonchev–Trinajstić information content (AvgIpc) is 3.62. The lowest BCUT2D eigenvalue weighted by Gasteiger charge is -2.27. The van der Waals surface area contributed by atoms with Gasteiger partial charge >= 0.3 is 0 Å². The zero-order valence-corrected chi connectivity index (χ0v) is 19.0. The number of methoxy groups -OCH3 is 1. The zero-order valence-electron chi connectivity index (χ0n) is 18.2. The van der Waals surface area contributed by atoms with Gasteiger partial charge < -0.3 is 14.8 Å². The third kappa shape index (κ3) is 5.66. The molecule has 0 radical (unpaired) electrons. The molecule has 9 heteroatoms. The minimum Gasteiger partial charge on any atom is -0.495 e. The molecule has 1 amide bonds. The lowest BCUT2D eigenvalue weighted by molar-refractivity contribution is 0.0340. The van der Waals surface area contributed by atoms with E-state index in [9.17, 15) is 13.2 Å². The number of hydrogen-bond acceptors (Lipinski definition) is 6. The van der Waals surface area contributed by atoms with Crippen molar-refractivity contribution in [3.63, 3.8) is 0 Å². The summed E-state index contributed by atoms with van der Waals surface area (Å²) in [6, 6.07) is 12.4. The lowest BCUT2D eigenvalue weighted by atomic mass is 10.1. The van der Waals surface area contributed by atoms with Crippen molar-refractivity contribution in [2.75, 3.05) is 33.4 Å². The standard InChI is InChI=1S/C23H29N3O5S/c1-30-21-9-6-17(14-22(21)32(28,29)25-20-7-8-20)23(27)24-15-18-4-2-3-5-19(18)16-26-10-12-31-13-11-26/h2-6,9,14,20,25H,7-8,10-13,15-16H2,1H3,(H,24,27). The average molecular weight is 460 g/mol. The first kappa shape index (κ1) is 22.7. The van der Waals surface area contributed by atoms with Crippen LogP contribution in [0, 0.1) is 0 Å². The molecule has 2 N–H and O–H groups in total. The summed E-state index contributed by atoms with van der Waals surface area (Å²) in [5.74, 6) is -0.123. The van der Waals surface area contributed by atoms with E-state index in [4.69, 9.17) is 9.47 Å². The first-order valence-corrected chi connectivity index (χ1v) is 12.3. The Balaban J connectivity index is 1.46. The second-order valence-electron chi connectivity index (χ2n) is 8.10. The van der Waals surface area contributed by atoms with Crippen molar-refractivity contribution in [1.29, 1.82) is 0 Å². The smallest absolute Gasteiger partial charge is 0.251 e. The summed E-state index contributed by atoms with van der Waals surface area (Å²) < 4.78 is 38.7. The van der Waals surface area contributed by atoms with E-state index in [0.717, 1.165) is 56.8 Å². The van der Waals surface area contributed by atoms with Crippen molar-refractivity contribution in [3.8, 4) is 5.75 Å². The van der Waals surface area contributed by atoms with Crippen molar-refractivity contribution < 1.29 is 22.7 Å². The molecule has 2 aromatic rings. The Morgan fingerprint density at radius 1 is 1.12 bits per heavy atom. The molecule has 2 fully saturated rings. The van der Waals surface area contributed by atoms with E-state index in [0.29, 0.717) is 6.54 Å². The number of sulfonamides is 1. The van der Waals surface area contributed by atoms with Gasteiger partial charge in [0.05, 0.1) is 20.3 Å². The Morgan fingerprint density at radius 3 is 2.53 bits per heavy atom. The maximum atomic E-state index is 12.8. The van der Waals surface area contributed by atoms with Crippen LogP contribution in [0.2, 0.25) is 0 Å². The van der Waals surface area contributed by atoms with E-state index in [1.54, 1.807) is 6.07 Å². The number of nitrogens with zero attached hydrogens (tertiary/aromatic N) is 1. The number of nitrogens with one attached hydrogen (secondary N) is 2. The third-order valence-electron chi connectivity index (χ3n) is 5.67. The fourth-order valence-corrected chi connectivity index (χ4v) is 5.17. The van der Waals surface area contributed by atoms with Gasteiger partial charge in [0.1, 0.15) is 10.6 Å². The summed E-state index contributed by atoms with van der Waals surface area (Å²) in [5.41, 5.74) is 2.46. The van der Waals surface area contributed by atoms with E-state index in [2.05, 4.69) is 21.0 Å². The van der Waals surface area contributed by atoms with Crippen molar-refractivity contribution in [2.45, 2.75) is 36.9 Å². The quantitative estimate of drug-likeness (QED) is 0.595. The molecule has 1 aliphatic carbocycles. The summed E-state index contributed by atoms with van der Waals surface area (Å²) in [6.45, 7) is 4.40. The topological polar surface area (TPSA) is 97.0 Å². The van der Waals surface area contributed by atoms with E-state index in [-0.39, 0.29) is 28.2 Å². The molecular formula is C23H29N3O5S. The van der Waals surface area contributed by atoms with Crippen LogP contribution < -0.4 is 14.8 Å². The highest BCUT2D eigenvalue weighted by atomic mass is 32.2. The highest BCUT2D eigenvalue weighted by Crippen LogP contribution is 2.28.